The Hall–Kier alpha value is -1.35. The van der Waals surface area contributed by atoms with Crippen LogP contribution in [-0.2, 0) is 6.54 Å². The van der Waals surface area contributed by atoms with Gasteiger partial charge in [0.05, 0.1) is 6.54 Å². The van der Waals surface area contributed by atoms with Gasteiger partial charge >= 0.3 is 0 Å². The van der Waals surface area contributed by atoms with E-state index < -0.39 is 0 Å². The monoisotopic (exact) mass is 261 g/mol. The molecule has 2 aromatic rings. The molecule has 0 aliphatic heterocycles. The molecule has 1 aliphatic rings. The van der Waals surface area contributed by atoms with E-state index in [0.29, 0.717) is 29.7 Å². The predicted molar refractivity (Wildman–Crippen MR) is 74.9 cm³/mol. The van der Waals surface area contributed by atoms with Gasteiger partial charge in [0.15, 0.2) is 11.4 Å². The number of benzene rings is 1. The molecule has 19 heavy (non-hydrogen) atoms. The SMILES string of the molecule is Cc1ccc2c(C(C)C)c(CNC3CC3)oc2c1F. The third-order valence-electron chi connectivity index (χ3n) is 3.81. The highest BCUT2D eigenvalue weighted by atomic mass is 19.1. The maximum Gasteiger partial charge on any atom is 0.170 e. The summed E-state index contributed by atoms with van der Waals surface area (Å²) in [5.74, 6) is 0.998. The van der Waals surface area contributed by atoms with Crippen molar-refractivity contribution in [2.24, 2.45) is 0 Å². The van der Waals surface area contributed by atoms with Crippen molar-refractivity contribution in [1.29, 1.82) is 0 Å². The lowest BCUT2D eigenvalue weighted by atomic mass is 9.98. The molecule has 2 nitrogen and oxygen atoms in total. The lowest BCUT2D eigenvalue weighted by Crippen LogP contribution is -2.15. The van der Waals surface area contributed by atoms with Crippen molar-refractivity contribution < 1.29 is 8.81 Å². The van der Waals surface area contributed by atoms with E-state index in [2.05, 4.69) is 19.2 Å². The highest BCUT2D eigenvalue weighted by molar-refractivity contribution is 5.84. The van der Waals surface area contributed by atoms with Crippen LogP contribution in [0.15, 0.2) is 16.5 Å². The highest BCUT2D eigenvalue weighted by Crippen LogP contribution is 2.34. The lowest BCUT2D eigenvalue weighted by molar-refractivity contribution is 0.485. The minimum atomic E-state index is -0.225. The summed E-state index contributed by atoms with van der Waals surface area (Å²) in [6.07, 6.45) is 2.48. The Morgan fingerprint density at radius 1 is 1.37 bits per heavy atom. The molecule has 3 heteroatoms. The molecule has 1 aliphatic carbocycles. The van der Waals surface area contributed by atoms with E-state index in [1.165, 1.54) is 12.8 Å². The third kappa shape index (κ3) is 2.27. The van der Waals surface area contributed by atoms with Gasteiger partial charge in [0.25, 0.3) is 0 Å². The molecule has 1 aromatic heterocycles. The summed E-state index contributed by atoms with van der Waals surface area (Å²) in [5, 5.41) is 4.37. The second-order valence-corrected chi connectivity index (χ2v) is 5.82. The minimum absolute atomic E-state index is 0.225. The van der Waals surface area contributed by atoms with Crippen LogP contribution in [-0.4, -0.2) is 6.04 Å². The molecule has 0 saturated heterocycles. The summed E-state index contributed by atoms with van der Waals surface area (Å²) in [4.78, 5) is 0. The molecule has 1 saturated carbocycles. The Kier molecular flexibility index (Phi) is 3.09. The second kappa shape index (κ2) is 4.64. The summed E-state index contributed by atoms with van der Waals surface area (Å²) in [5.41, 5.74) is 2.19. The number of furan rings is 1. The van der Waals surface area contributed by atoms with Crippen molar-refractivity contribution in [2.75, 3.05) is 0 Å². The van der Waals surface area contributed by atoms with Gasteiger partial charge in [-0.15, -0.1) is 0 Å². The normalized spacial score (nSPS) is 15.6. The van der Waals surface area contributed by atoms with Crippen LogP contribution in [0.5, 0.6) is 0 Å². The summed E-state index contributed by atoms with van der Waals surface area (Å²) in [6.45, 7) is 6.73. The van der Waals surface area contributed by atoms with Crippen LogP contribution >= 0.6 is 0 Å². The number of hydrogen-bond acceptors (Lipinski definition) is 2. The first-order valence-corrected chi connectivity index (χ1v) is 7.01. The number of aryl methyl sites for hydroxylation is 1. The average molecular weight is 261 g/mol. The molecular formula is C16H20FNO. The molecule has 0 radical (unpaired) electrons. The molecule has 1 heterocycles. The topological polar surface area (TPSA) is 25.2 Å². The zero-order valence-corrected chi connectivity index (χ0v) is 11.7. The third-order valence-corrected chi connectivity index (χ3v) is 3.81. The maximum atomic E-state index is 14.2. The smallest absolute Gasteiger partial charge is 0.170 e. The Balaban J connectivity index is 2.08. The van der Waals surface area contributed by atoms with E-state index >= 15 is 0 Å². The average Bonchev–Trinajstić information content (AvgIpc) is 3.11. The molecule has 0 unspecified atom stereocenters. The summed E-state index contributed by atoms with van der Waals surface area (Å²) >= 11 is 0. The highest BCUT2D eigenvalue weighted by Gasteiger charge is 2.24. The van der Waals surface area contributed by atoms with E-state index in [-0.39, 0.29) is 5.82 Å². The van der Waals surface area contributed by atoms with Gasteiger partial charge in [-0.3, -0.25) is 0 Å². The van der Waals surface area contributed by atoms with Crippen LogP contribution in [0.25, 0.3) is 11.0 Å². The van der Waals surface area contributed by atoms with Gasteiger partial charge in [0.2, 0.25) is 0 Å². The van der Waals surface area contributed by atoms with E-state index in [4.69, 9.17) is 4.42 Å². The van der Waals surface area contributed by atoms with E-state index in [1.807, 2.05) is 12.1 Å². The molecule has 3 rings (SSSR count). The fourth-order valence-electron chi connectivity index (χ4n) is 2.58. The van der Waals surface area contributed by atoms with Crippen molar-refractivity contribution in [2.45, 2.75) is 52.1 Å². The Bertz CT molecular complexity index is 611. The number of hydrogen-bond donors (Lipinski definition) is 1. The van der Waals surface area contributed by atoms with Crippen LogP contribution in [0.2, 0.25) is 0 Å². The van der Waals surface area contributed by atoms with E-state index in [9.17, 15) is 4.39 Å². The van der Waals surface area contributed by atoms with Crippen LogP contribution in [0.1, 0.15) is 49.5 Å². The minimum Gasteiger partial charge on any atom is -0.456 e. The molecule has 0 amide bonds. The van der Waals surface area contributed by atoms with Crippen LogP contribution < -0.4 is 5.32 Å². The summed E-state index contributed by atoms with van der Waals surface area (Å²) in [6, 6.07) is 4.43. The Labute approximate surface area is 113 Å². The van der Waals surface area contributed by atoms with Gasteiger partial charge in [0, 0.05) is 17.0 Å². The van der Waals surface area contributed by atoms with Gasteiger partial charge in [-0.2, -0.15) is 0 Å². The molecular weight excluding hydrogens is 241 g/mol. The van der Waals surface area contributed by atoms with Gasteiger partial charge in [-0.05, 0) is 31.2 Å². The van der Waals surface area contributed by atoms with Gasteiger partial charge in [-0.25, -0.2) is 4.39 Å². The Morgan fingerprint density at radius 2 is 2.11 bits per heavy atom. The fraction of sp³-hybridized carbons (Fsp3) is 0.500. The van der Waals surface area contributed by atoms with Crippen molar-refractivity contribution in [3.63, 3.8) is 0 Å². The lowest BCUT2D eigenvalue weighted by Gasteiger charge is -2.07. The van der Waals surface area contributed by atoms with Crippen molar-refractivity contribution in [3.05, 3.63) is 34.8 Å². The molecule has 0 bridgehead atoms. The van der Waals surface area contributed by atoms with E-state index in [0.717, 1.165) is 16.7 Å². The number of rotatable bonds is 4. The number of halogens is 1. The van der Waals surface area contributed by atoms with Crippen LogP contribution in [0, 0.1) is 12.7 Å². The molecule has 102 valence electrons. The first kappa shape index (κ1) is 12.7. The first-order valence-electron chi connectivity index (χ1n) is 7.01. The summed E-state index contributed by atoms with van der Waals surface area (Å²) in [7, 11) is 0. The van der Waals surface area contributed by atoms with Gasteiger partial charge in [-0.1, -0.05) is 26.0 Å². The molecule has 1 aromatic carbocycles. The van der Waals surface area contributed by atoms with Crippen molar-refractivity contribution in [3.8, 4) is 0 Å². The quantitative estimate of drug-likeness (QED) is 0.889. The van der Waals surface area contributed by atoms with Crippen molar-refractivity contribution in [1.82, 2.24) is 5.32 Å². The first-order chi connectivity index (χ1) is 9.08. The Morgan fingerprint density at radius 3 is 2.74 bits per heavy atom. The standard InChI is InChI=1S/C16H20FNO/c1-9(2)14-12-7-4-10(3)15(17)16(12)19-13(14)8-18-11-5-6-11/h4,7,9,11,18H,5-6,8H2,1-3H3. The second-order valence-electron chi connectivity index (χ2n) is 5.82. The van der Waals surface area contributed by atoms with Gasteiger partial charge < -0.3 is 9.73 Å². The van der Waals surface area contributed by atoms with E-state index in [1.54, 1.807) is 6.92 Å². The molecule has 0 spiro atoms. The number of nitrogens with one attached hydrogen (secondary N) is 1. The van der Waals surface area contributed by atoms with Crippen LogP contribution in [0.4, 0.5) is 4.39 Å². The molecule has 0 atom stereocenters. The largest absolute Gasteiger partial charge is 0.456 e. The zero-order chi connectivity index (χ0) is 13.6. The summed E-state index contributed by atoms with van der Waals surface area (Å²) < 4.78 is 20.0. The maximum absolute atomic E-state index is 14.2. The van der Waals surface area contributed by atoms with Crippen molar-refractivity contribution >= 4 is 11.0 Å². The number of fused-ring (bicyclic) bond motifs is 1. The van der Waals surface area contributed by atoms with Gasteiger partial charge in [0.1, 0.15) is 5.76 Å². The molecule has 1 fully saturated rings. The molecule has 1 N–H and O–H groups in total. The van der Waals surface area contributed by atoms with Crippen LogP contribution in [0.3, 0.4) is 0 Å². The zero-order valence-electron chi connectivity index (χ0n) is 11.7. The fourth-order valence-corrected chi connectivity index (χ4v) is 2.58. The predicted octanol–water partition coefficient (Wildman–Crippen LogP) is 4.26.